The van der Waals surface area contributed by atoms with Crippen molar-refractivity contribution in [2.75, 3.05) is 13.2 Å². The quantitative estimate of drug-likeness (QED) is 0.645. The number of hydrogen-bond acceptors (Lipinski definition) is 7. The summed E-state index contributed by atoms with van der Waals surface area (Å²) in [5.74, 6) is 0. The van der Waals surface area contributed by atoms with E-state index in [2.05, 4.69) is 15.0 Å². The molecule has 1 unspecified atom stereocenters. The Bertz CT molecular complexity index is 1030. The van der Waals surface area contributed by atoms with Crippen LogP contribution in [0, 0.1) is 0 Å². The predicted octanol–water partition coefficient (Wildman–Crippen LogP) is 2.50. The zero-order chi connectivity index (χ0) is 19.6. The van der Waals surface area contributed by atoms with Crippen LogP contribution >= 0.6 is 11.3 Å². The third-order valence-electron chi connectivity index (χ3n) is 5.58. The Labute approximate surface area is 173 Å². The van der Waals surface area contributed by atoms with Gasteiger partial charge in [-0.2, -0.15) is 5.10 Å². The Balaban J connectivity index is 1.33. The Morgan fingerprint density at radius 3 is 3.10 bits per heavy atom. The minimum absolute atomic E-state index is 0.0636. The molecule has 29 heavy (non-hydrogen) atoms. The van der Waals surface area contributed by atoms with Crippen molar-refractivity contribution < 1.29 is 4.74 Å². The molecule has 0 saturated carbocycles. The molecule has 1 fully saturated rings. The molecular weight excluding hydrogens is 386 g/mol. The highest BCUT2D eigenvalue weighted by molar-refractivity contribution is 7.11. The van der Waals surface area contributed by atoms with E-state index in [4.69, 9.17) is 9.72 Å². The Morgan fingerprint density at radius 1 is 1.28 bits per heavy atom. The average Bonchev–Trinajstić information content (AvgIpc) is 3.36. The van der Waals surface area contributed by atoms with Gasteiger partial charge in [0, 0.05) is 36.5 Å². The van der Waals surface area contributed by atoms with Gasteiger partial charge in [-0.3, -0.25) is 14.7 Å². The number of hydrogen-bond donors (Lipinski definition) is 0. The molecule has 2 aliphatic rings. The SMILES string of the molecule is O=c1ccc(-c2cccnc2)nn1CC1CCCN1Cc1nc2c(s1)COCC2. The number of fused-ring (bicyclic) bond motifs is 1. The smallest absolute Gasteiger partial charge is 0.266 e. The normalized spacial score (nSPS) is 19.4. The van der Waals surface area contributed by atoms with E-state index in [0.717, 1.165) is 55.2 Å². The molecule has 3 aromatic rings. The van der Waals surface area contributed by atoms with E-state index in [1.807, 2.05) is 12.1 Å². The van der Waals surface area contributed by atoms with Crippen molar-refractivity contribution in [2.45, 2.75) is 45.0 Å². The maximum Gasteiger partial charge on any atom is 0.266 e. The molecule has 0 aromatic carbocycles. The van der Waals surface area contributed by atoms with Gasteiger partial charge in [-0.05, 0) is 37.6 Å². The first-order valence-electron chi connectivity index (χ1n) is 10.0. The van der Waals surface area contributed by atoms with Gasteiger partial charge in [-0.25, -0.2) is 9.67 Å². The number of likely N-dealkylation sites (tertiary alicyclic amines) is 1. The second-order valence-electron chi connectivity index (χ2n) is 7.53. The second kappa shape index (κ2) is 8.14. The zero-order valence-corrected chi connectivity index (χ0v) is 17.0. The first kappa shape index (κ1) is 18.6. The number of thiazole rings is 1. The molecule has 7 nitrogen and oxygen atoms in total. The van der Waals surface area contributed by atoms with Crippen LogP contribution in [0.2, 0.25) is 0 Å². The van der Waals surface area contributed by atoms with Crippen molar-refractivity contribution in [2.24, 2.45) is 0 Å². The van der Waals surface area contributed by atoms with E-state index in [9.17, 15) is 4.79 Å². The molecule has 8 heteroatoms. The summed E-state index contributed by atoms with van der Waals surface area (Å²) in [6.07, 6.45) is 6.62. The molecular formula is C21H23N5O2S. The van der Waals surface area contributed by atoms with E-state index in [-0.39, 0.29) is 5.56 Å². The van der Waals surface area contributed by atoms with Gasteiger partial charge >= 0.3 is 0 Å². The van der Waals surface area contributed by atoms with Gasteiger partial charge < -0.3 is 4.74 Å². The van der Waals surface area contributed by atoms with E-state index in [1.54, 1.807) is 40.5 Å². The zero-order valence-electron chi connectivity index (χ0n) is 16.2. The maximum atomic E-state index is 12.4. The Hall–Kier alpha value is -2.42. The number of pyridine rings is 1. The predicted molar refractivity (Wildman–Crippen MR) is 111 cm³/mol. The molecule has 2 aliphatic heterocycles. The van der Waals surface area contributed by atoms with Crippen LogP contribution in [0.3, 0.4) is 0 Å². The molecule has 0 radical (unpaired) electrons. The highest BCUT2D eigenvalue weighted by atomic mass is 32.1. The summed E-state index contributed by atoms with van der Waals surface area (Å²) < 4.78 is 7.15. The molecule has 150 valence electrons. The maximum absolute atomic E-state index is 12.4. The molecule has 1 saturated heterocycles. The van der Waals surface area contributed by atoms with Crippen LogP contribution in [0.15, 0.2) is 41.5 Å². The molecule has 0 bridgehead atoms. The second-order valence-corrected chi connectivity index (χ2v) is 8.70. The summed E-state index contributed by atoms with van der Waals surface area (Å²) in [6, 6.07) is 7.50. The molecule has 0 aliphatic carbocycles. The molecule has 0 N–H and O–H groups in total. The van der Waals surface area contributed by atoms with Gasteiger partial charge in [0.15, 0.2) is 0 Å². The standard InChI is InChI=1S/C21H23N5O2S/c27-21-6-5-17(15-3-1-8-22-11-15)24-26(21)12-16-4-2-9-25(16)13-20-23-18-7-10-28-14-19(18)29-20/h1,3,5-6,8,11,16H,2,4,7,9-10,12-14H2. The summed E-state index contributed by atoms with van der Waals surface area (Å²) in [7, 11) is 0. The van der Waals surface area contributed by atoms with Crippen LogP contribution in [0.25, 0.3) is 11.3 Å². The van der Waals surface area contributed by atoms with Crippen LogP contribution < -0.4 is 5.56 Å². The fourth-order valence-electron chi connectivity index (χ4n) is 4.08. The van der Waals surface area contributed by atoms with Crippen LogP contribution in [0.1, 0.15) is 28.4 Å². The average molecular weight is 410 g/mol. The topological polar surface area (TPSA) is 73.1 Å². The number of ether oxygens (including phenoxy) is 1. The lowest BCUT2D eigenvalue weighted by Crippen LogP contribution is -2.36. The van der Waals surface area contributed by atoms with Crippen LogP contribution in [-0.2, 0) is 30.9 Å². The third kappa shape index (κ3) is 4.01. The van der Waals surface area contributed by atoms with Crippen molar-refractivity contribution in [3.8, 4) is 11.3 Å². The van der Waals surface area contributed by atoms with Crippen molar-refractivity contribution in [3.05, 3.63) is 62.6 Å². The fourth-order valence-corrected chi connectivity index (χ4v) is 5.16. The van der Waals surface area contributed by atoms with E-state index in [1.165, 1.54) is 10.6 Å². The van der Waals surface area contributed by atoms with E-state index >= 15 is 0 Å². The Morgan fingerprint density at radius 2 is 2.24 bits per heavy atom. The molecule has 0 spiro atoms. The molecule has 1 atom stereocenters. The van der Waals surface area contributed by atoms with Crippen molar-refractivity contribution in [1.29, 1.82) is 0 Å². The largest absolute Gasteiger partial charge is 0.375 e. The summed E-state index contributed by atoms with van der Waals surface area (Å²) >= 11 is 1.76. The van der Waals surface area contributed by atoms with Crippen LogP contribution in [-0.4, -0.2) is 43.8 Å². The molecule has 5 heterocycles. The summed E-state index contributed by atoms with van der Waals surface area (Å²) in [5, 5.41) is 5.76. The summed E-state index contributed by atoms with van der Waals surface area (Å²) in [4.78, 5) is 25.1. The Kier molecular flexibility index (Phi) is 5.22. The van der Waals surface area contributed by atoms with Gasteiger partial charge in [0.05, 0.1) is 42.6 Å². The van der Waals surface area contributed by atoms with Crippen molar-refractivity contribution in [1.82, 2.24) is 24.6 Å². The first-order valence-corrected chi connectivity index (χ1v) is 10.9. The number of aromatic nitrogens is 4. The fraction of sp³-hybridized carbons (Fsp3) is 0.429. The monoisotopic (exact) mass is 409 g/mol. The first-order chi connectivity index (χ1) is 14.3. The van der Waals surface area contributed by atoms with Crippen molar-refractivity contribution in [3.63, 3.8) is 0 Å². The minimum atomic E-state index is -0.0636. The van der Waals surface area contributed by atoms with Crippen LogP contribution in [0.5, 0.6) is 0 Å². The number of nitrogens with zero attached hydrogens (tertiary/aromatic N) is 5. The van der Waals surface area contributed by atoms with Gasteiger partial charge in [0.25, 0.3) is 5.56 Å². The lowest BCUT2D eigenvalue weighted by atomic mass is 10.2. The highest BCUT2D eigenvalue weighted by Gasteiger charge is 2.27. The highest BCUT2D eigenvalue weighted by Crippen LogP contribution is 2.27. The van der Waals surface area contributed by atoms with Gasteiger partial charge in [0.2, 0.25) is 0 Å². The van der Waals surface area contributed by atoms with Crippen LogP contribution in [0.4, 0.5) is 0 Å². The van der Waals surface area contributed by atoms with Gasteiger partial charge in [0.1, 0.15) is 5.01 Å². The summed E-state index contributed by atoms with van der Waals surface area (Å²) in [5.41, 5.74) is 2.83. The lowest BCUT2D eigenvalue weighted by Gasteiger charge is -2.23. The minimum Gasteiger partial charge on any atom is -0.375 e. The van der Waals surface area contributed by atoms with Crippen molar-refractivity contribution >= 4 is 11.3 Å². The molecule has 0 amide bonds. The van der Waals surface area contributed by atoms with E-state index < -0.39 is 0 Å². The molecule has 5 rings (SSSR count). The summed E-state index contributed by atoms with van der Waals surface area (Å²) in [6.45, 7) is 3.92. The van der Waals surface area contributed by atoms with Gasteiger partial charge in [-0.1, -0.05) is 0 Å². The lowest BCUT2D eigenvalue weighted by molar-refractivity contribution is 0.112. The molecule has 3 aromatic heterocycles. The number of rotatable bonds is 5. The van der Waals surface area contributed by atoms with Gasteiger partial charge in [-0.15, -0.1) is 11.3 Å². The van der Waals surface area contributed by atoms with E-state index in [0.29, 0.717) is 19.2 Å². The third-order valence-corrected chi connectivity index (χ3v) is 6.64.